The lowest BCUT2D eigenvalue weighted by Gasteiger charge is -2.44. The first-order valence-electron chi connectivity index (χ1n) is 8.57. The number of esters is 4. The molecule has 0 spiro atoms. The third kappa shape index (κ3) is 7.51. The molecule has 0 amide bonds. The minimum atomic E-state index is -1.20. The molecular formula is C17H26O10. The number of hydrogen-bond acceptors (Lipinski definition) is 10. The molecule has 0 aromatic heterocycles. The predicted octanol–water partition coefficient (Wildman–Crippen LogP) is 0.496. The molecule has 0 aromatic carbocycles. The number of rotatable bonds is 8. The van der Waals surface area contributed by atoms with E-state index >= 15 is 0 Å². The Morgan fingerprint density at radius 3 is 1.78 bits per heavy atom. The Hall–Kier alpha value is -2.20. The number of hydrogen-bond donors (Lipinski definition) is 0. The first kappa shape index (κ1) is 22.8. The van der Waals surface area contributed by atoms with Gasteiger partial charge in [-0.25, -0.2) is 0 Å². The summed E-state index contributed by atoms with van der Waals surface area (Å²) in [7, 11) is 0. The van der Waals surface area contributed by atoms with E-state index in [-0.39, 0.29) is 13.2 Å². The fourth-order valence-corrected chi connectivity index (χ4v) is 2.56. The van der Waals surface area contributed by atoms with E-state index in [0.29, 0.717) is 6.42 Å². The highest BCUT2D eigenvalue weighted by Gasteiger charge is 2.52. The van der Waals surface area contributed by atoms with Gasteiger partial charge in [-0.05, 0) is 6.42 Å². The van der Waals surface area contributed by atoms with Crippen molar-refractivity contribution in [1.29, 1.82) is 0 Å². The minimum Gasteiger partial charge on any atom is -0.463 e. The van der Waals surface area contributed by atoms with Gasteiger partial charge in [-0.15, -0.1) is 0 Å². The highest BCUT2D eigenvalue weighted by molar-refractivity contribution is 5.68. The van der Waals surface area contributed by atoms with Gasteiger partial charge < -0.3 is 28.4 Å². The van der Waals surface area contributed by atoms with Gasteiger partial charge in [0.05, 0.1) is 0 Å². The molecule has 1 saturated heterocycles. The first-order valence-corrected chi connectivity index (χ1v) is 8.57. The lowest BCUT2D eigenvalue weighted by Crippen LogP contribution is -2.63. The SMILES string of the molecule is CCCO[C@@H]1O[C@H](COC(C)=O)[C@@H](OC(C)=O)[C@H](OC(C)=O)[C@H]1OC(C)=O. The standard InChI is InChI=1S/C17H26O10/c1-6-7-22-17-16(26-12(5)21)15(25-11(4)20)14(24-10(3)19)13(27-17)8-23-9(2)18/h13-17H,6-8H2,1-5H3/t13-,14-,15+,16-,17-/m1/s1. The molecule has 10 nitrogen and oxygen atoms in total. The normalized spacial score (nSPS) is 27.4. The molecule has 154 valence electrons. The van der Waals surface area contributed by atoms with Crippen molar-refractivity contribution in [2.45, 2.75) is 71.7 Å². The third-order valence-electron chi connectivity index (χ3n) is 3.43. The molecule has 1 heterocycles. The van der Waals surface area contributed by atoms with E-state index in [1.807, 2.05) is 6.92 Å². The summed E-state index contributed by atoms with van der Waals surface area (Å²) in [5, 5.41) is 0. The second kappa shape index (κ2) is 10.8. The van der Waals surface area contributed by atoms with Crippen LogP contribution in [0.5, 0.6) is 0 Å². The zero-order chi connectivity index (χ0) is 20.6. The molecule has 0 aliphatic carbocycles. The zero-order valence-corrected chi connectivity index (χ0v) is 16.1. The van der Waals surface area contributed by atoms with E-state index in [9.17, 15) is 19.2 Å². The Labute approximate surface area is 157 Å². The summed E-state index contributed by atoms with van der Waals surface area (Å²) in [4.78, 5) is 45.8. The largest absolute Gasteiger partial charge is 0.463 e. The topological polar surface area (TPSA) is 124 Å². The molecule has 0 bridgehead atoms. The summed E-state index contributed by atoms with van der Waals surface area (Å²) in [6.07, 6.45) is -4.99. The fourth-order valence-electron chi connectivity index (χ4n) is 2.56. The molecule has 0 aromatic rings. The lowest BCUT2D eigenvalue weighted by molar-refractivity contribution is -0.308. The van der Waals surface area contributed by atoms with Crippen LogP contribution in [0.1, 0.15) is 41.0 Å². The van der Waals surface area contributed by atoms with Gasteiger partial charge in [0.2, 0.25) is 0 Å². The van der Waals surface area contributed by atoms with Crippen molar-refractivity contribution in [3.05, 3.63) is 0 Å². The number of ether oxygens (including phenoxy) is 6. The van der Waals surface area contributed by atoms with E-state index in [0.717, 1.165) is 13.8 Å². The minimum absolute atomic E-state index is 0.272. The molecule has 27 heavy (non-hydrogen) atoms. The van der Waals surface area contributed by atoms with E-state index < -0.39 is 54.6 Å². The van der Waals surface area contributed by atoms with Crippen LogP contribution in [0.3, 0.4) is 0 Å². The van der Waals surface area contributed by atoms with E-state index in [4.69, 9.17) is 28.4 Å². The monoisotopic (exact) mass is 390 g/mol. The predicted molar refractivity (Wildman–Crippen MR) is 88.2 cm³/mol. The summed E-state index contributed by atoms with van der Waals surface area (Å²) >= 11 is 0. The van der Waals surface area contributed by atoms with Crippen LogP contribution in [-0.2, 0) is 47.6 Å². The molecule has 1 rings (SSSR count). The maximum atomic E-state index is 11.6. The van der Waals surface area contributed by atoms with Crippen LogP contribution >= 0.6 is 0 Å². The van der Waals surface area contributed by atoms with Gasteiger partial charge in [0.25, 0.3) is 0 Å². The summed E-state index contributed by atoms with van der Waals surface area (Å²) < 4.78 is 32.0. The van der Waals surface area contributed by atoms with E-state index in [1.54, 1.807) is 0 Å². The van der Waals surface area contributed by atoms with Crippen molar-refractivity contribution in [2.75, 3.05) is 13.2 Å². The highest BCUT2D eigenvalue weighted by atomic mass is 16.7. The molecule has 0 saturated carbocycles. The fraction of sp³-hybridized carbons (Fsp3) is 0.765. The lowest BCUT2D eigenvalue weighted by atomic mass is 9.98. The Morgan fingerprint density at radius 2 is 1.30 bits per heavy atom. The molecule has 0 unspecified atom stereocenters. The summed E-state index contributed by atoms with van der Waals surface area (Å²) in [5.41, 5.74) is 0. The molecule has 5 atom stereocenters. The van der Waals surface area contributed by atoms with Crippen molar-refractivity contribution < 1.29 is 47.6 Å². The maximum Gasteiger partial charge on any atom is 0.303 e. The quantitative estimate of drug-likeness (QED) is 0.427. The van der Waals surface area contributed by atoms with Gasteiger partial charge in [-0.2, -0.15) is 0 Å². The van der Waals surface area contributed by atoms with Crippen LogP contribution in [0.2, 0.25) is 0 Å². The molecule has 1 fully saturated rings. The summed E-state index contributed by atoms with van der Waals surface area (Å²) in [5.74, 6) is -2.59. The van der Waals surface area contributed by atoms with Gasteiger partial charge in [0.15, 0.2) is 24.6 Å². The van der Waals surface area contributed by atoms with Crippen molar-refractivity contribution >= 4 is 23.9 Å². The average molecular weight is 390 g/mol. The molecule has 0 N–H and O–H groups in total. The van der Waals surface area contributed by atoms with Crippen LogP contribution in [0.25, 0.3) is 0 Å². The third-order valence-corrected chi connectivity index (χ3v) is 3.43. The van der Waals surface area contributed by atoms with Crippen LogP contribution in [0.4, 0.5) is 0 Å². The highest BCUT2D eigenvalue weighted by Crippen LogP contribution is 2.30. The second-order valence-electron chi connectivity index (χ2n) is 5.94. The van der Waals surface area contributed by atoms with Crippen molar-refractivity contribution in [2.24, 2.45) is 0 Å². The number of carbonyl (C=O) groups excluding carboxylic acids is 4. The average Bonchev–Trinajstić information content (AvgIpc) is 2.54. The number of carbonyl (C=O) groups is 4. The van der Waals surface area contributed by atoms with Crippen LogP contribution in [0.15, 0.2) is 0 Å². The van der Waals surface area contributed by atoms with Gasteiger partial charge in [0.1, 0.15) is 12.7 Å². The Bertz CT molecular complexity index is 546. The Kier molecular flexibility index (Phi) is 9.16. The summed E-state index contributed by atoms with van der Waals surface area (Å²) in [6.45, 7) is 6.57. The van der Waals surface area contributed by atoms with Crippen molar-refractivity contribution in [3.8, 4) is 0 Å². The molecule has 0 radical (unpaired) electrons. The van der Waals surface area contributed by atoms with E-state index in [1.165, 1.54) is 13.8 Å². The summed E-state index contributed by atoms with van der Waals surface area (Å²) in [6, 6.07) is 0. The smallest absolute Gasteiger partial charge is 0.303 e. The van der Waals surface area contributed by atoms with Gasteiger partial charge in [-0.1, -0.05) is 6.92 Å². The second-order valence-corrected chi connectivity index (χ2v) is 5.94. The van der Waals surface area contributed by atoms with Gasteiger partial charge in [0, 0.05) is 34.3 Å². The van der Waals surface area contributed by atoms with Crippen LogP contribution in [0, 0.1) is 0 Å². The van der Waals surface area contributed by atoms with Crippen molar-refractivity contribution in [3.63, 3.8) is 0 Å². The molecular weight excluding hydrogens is 364 g/mol. The molecule has 1 aliphatic heterocycles. The van der Waals surface area contributed by atoms with Crippen molar-refractivity contribution in [1.82, 2.24) is 0 Å². The first-order chi connectivity index (χ1) is 12.6. The zero-order valence-electron chi connectivity index (χ0n) is 16.1. The van der Waals surface area contributed by atoms with Gasteiger partial charge >= 0.3 is 23.9 Å². The van der Waals surface area contributed by atoms with E-state index in [2.05, 4.69) is 0 Å². The maximum absolute atomic E-state index is 11.6. The molecule has 10 heteroatoms. The molecule has 1 aliphatic rings. The van der Waals surface area contributed by atoms with Crippen LogP contribution < -0.4 is 0 Å². The Morgan fingerprint density at radius 1 is 0.778 bits per heavy atom. The van der Waals surface area contributed by atoms with Gasteiger partial charge in [-0.3, -0.25) is 19.2 Å². The van der Waals surface area contributed by atoms with Crippen LogP contribution in [-0.4, -0.2) is 67.8 Å². The Balaban J connectivity index is 3.22.